The largest absolute Gasteiger partial charge is 0.367 e. The molecule has 0 aliphatic carbocycles. The van der Waals surface area contributed by atoms with Gasteiger partial charge in [0.05, 0.1) is 11.5 Å². The van der Waals surface area contributed by atoms with E-state index in [4.69, 9.17) is 0 Å². The highest BCUT2D eigenvalue weighted by Gasteiger charge is 2.31. The van der Waals surface area contributed by atoms with Gasteiger partial charge in [-0.05, 0) is 26.7 Å². The summed E-state index contributed by atoms with van der Waals surface area (Å²) in [5, 5.41) is 3.34. The van der Waals surface area contributed by atoms with E-state index < -0.39 is 9.84 Å². The average Bonchev–Trinajstić information content (AvgIpc) is 2.77. The predicted octanol–water partition coefficient (Wildman–Crippen LogP) is 1.62. The van der Waals surface area contributed by atoms with Gasteiger partial charge in [-0.1, -0.05) is 6.92 Å². The summed E-state index contributed by atoms with van der Waals surface area (Å²) in [6, 6.07) is 2.23. The Morgan fingerprint density at radius 3 is 2.76 bits per heavy atom. The Balaban J connectivity index is 2.19. The zero-order chi connectivity index (χ0) is 15.6. The maximum Gasteiger partial charge on any atom is 0.152 e. The molecule has 1 aliphatic heterocycles. The Hall–Kier alpha value is -1.37. The van der Waals surface area contributed by atoms with Crippen molar-refractivity contribution in [2.24, 2.45) is 0 Å². The van der Waals surface area contributed by atoms with Gasteiger partial charge in [0.25, 0.3) is 0 Å². The van der Waals surface area contributed by atoms with Gasteiger partial charge in [0.15, 0.2) is 9.84 Å². The van der Waals surface area contributed by atoms with Crippen molar-refractivity contribution in [1.82, 2.24) is 9.97 Å². The molecule has 1 fully saturated rings. The number of nitrogens with one attached hydrogen (secondary N) is 1. The maximum absolute atomic E-state index is 11.6. The molecular formula is C14H24N4O2S. The highest BCUT2D eigenvalue weighted by molar-refractivity contribution is 7.91. The Bertz CT molecular complexity index is 603. The van der Waals surface area contributed by atoms with Crippen LogP contribution >= 0.6 is 0 Å². The zero-order valence-corrected chi connectivity index (χ0v) is 13.9. The predicted molar refractivity (Wildman–Crippen MR) is 85.6 cm³/mol. The zero-order valence-electron chi connectivity index (χ0n) is 13.1. The molecule has 1 saturated heterocycles. The molecule has 1 aromatic heterocycles. The van der Waals surface area contributed by atoms with Crippen LogP contribution in [0.1, 0.15) is 32.5 Å². The van der Waals surface area contributed by atoms with Crippen molar-refractivity contribution in [1.29, 1.82) is 0 Å². The lowest BCUT2D eigenvalue weighted by molar-refractivity contribution is 0.600. The molecule has 0 bridgehead atoms. The summed E-state index contributed by atoms with van der Waals surface area (Å²) in [6.07, 6.45) is 1.67. The number of rotatable bonds is 5. The summed E-state index contributed by atoms with van der Waals surface area (Å²) in [7, 11) is -0.989. The van der Waals surface area contributed by atoms with Crippen molar-refractivity contribution in [3.05, 3.63) is 11.9 Å². The van der Waals surface area contributed by atoms with Crippen molar-refractivity contribution in [2.75, 3.05) is 28.8 Å². The molecule has 1 aromatic rings. The molecule has 0 saturated carbocycles. The van der Waals surface area contributed by atoms with Crippen molar-refractivity contribution in [3.63, 3.8) is 0 Å². The van der Waals surface area contributed by atoms with Crippen LogP contribution in [0, 0.1) is 6.92 Å². The Morgan fingerprint density at radius 2 is 2.19 bits per heavy atom. The second-order valence-corrected chi connectivity index (χ2v) is 8.01. The molecule has 0 amide bonds. The first-order valence-corrected chi connectivity index (χ1v) is 9.18. The molecule has 118 valence electrons. The summed E-state index contributed by atoms with van der Waals surface area (Å²) >= 11 is 0. The van der Waals surface area contributed by atoms with Crippen LogP contribution in [0.15, 0.2) is 6.07 Å². The van der Waals surface area contributed by atoms with E-state index in [-0.39, 0.29) is 17.5 Å². The number of aryl methyl sites for hydroxylation is 1. The minimum absolute atomic E-state index is 0.000693. The van der Waals surface area contributed by atoms with Crippen molar-refractivity contribution in [2.45, 2.75) is 45.7 Å². The fourth-order valence-corrected chi connectivity index (χ4v) is 4.20. The third kappa shape index (κ3) is 4.06. The number of nitrogens with zero attached hydrogens (tertiary/aromatic N) is 3. The highest BCUT2D eigenvalue weighted by Crippen LogP contribution is 2.23. The molecule has 0 radical (unpaired) electrons. The molecule has 7 heteroatoms. The van der Waals surface area contributed by atoms with Crippen LogP contribution in [0.3, 0.4) is 0 Å². The molecule has 1 N–H and O–H groups in total. The van der Waals surface area contributed by atoms with Crippen molar-refractivity contribution < 1.29 is 8.42 Å². The molecule has 2 heterocycles. The van der Waals surface area contributed by atoms with Gasteiger partial charge in [-0.2, -0.15) is 0 Å². The lowest BCUT2D eigenvalue weighted by Crippen LogP contribution is -2.33. The summed E-state index contributed by atoms with van der Waals surface area (Å²) in [6.45, 7) is 6.07. The van der Waals surface area contributed by atoms with Gasteiger partial charge in [0.2, 0.25) is 0 Å². The molecule has 0 spiro atoms. The monoisotopic (exact) mass is 312 g/mol. The third-order valence-corrected chi connectivity index (χ3v) is 5.70. The topological polar surface area (TPSA) is 75.2 Å². The van der Waals surface area contributed by atoms with Gasteiger partial charge in [0, 0.05) is 25.2 Å². The molecule has 0 aromatic carbocycles. The van der Waals surface area contributed by atoms with Crippen LogP contribution in [-0.4, -0.2) is 49.0 Å². The van der Waals surface area contributed by atoms with Crippen LogP contribution in [0.5, 0.6) is 0 Å². The molecule has 2 rings (SSSR count). The Labute approximate surface area is 126 Å². The van der Waals surface area contributed by atoms with E-state index in [1.54, 1.807) is 0 Å². The van der Waals surface area contributed by atoms with Crippen molar-refractivity contribution in [3.8, 4) is 0 Å². The normalized spacial score (nSPS) is 22.0. The molecule has 1 aliphatic rings. The van der Waals surface area contributed by atoms with E-state index in [2.05, 4.69) is 29.1 Å². The first-order valence-electron chi connectivity index (χ1n) is 7.36. The van der Waals surface area contributed by atoms with Gasteiger partial charge in [-0.15, -0.1) is 0 Å². The lowest BCUT2D eigenvalue weighted by atomic mass is 10.2. The summed E-state index contributed by atoms with van der Waals surface area (Å²) in [5.41, 5.74) is 0. The first-order chi connectivity index (χ1) is 9.80. The van der Waals surface area contributed by atoms with Crippen molar-refractivity contribution >= 4 is 21.5 Å². The van der Waals surface area contributed by atoms with Crippen LogP contribution in [-0.2, 0) is 9.84 Å². The first kappa shape index (κ1) is 16.0. The molecule has 2 atom stereocenters. The summed E-state index contributed by atoms with van der Waals surface area (Å²) in [4.78, 5) is 10.8. The van der Waals surface area contributed by atoms with Crippen LogP contribution in [0.25, 0.3) is 0 Å². The quantitative estimate of drug-likeness (QED) is 0.890. The second-order valence-electron chi connectivity index (χ2n) is 5.78. The van der Waals surface area contributed by atoms with E-state index in [0.29, 0.717) is 18.3 Å². The van der Waals surface area contributed by atoms with Gasteiger partial charge < -0.3 is 10.2 Å². The Morgan fingerprint density at radius 1 is 1.48 bits per heavy atom. The molecule has 21 heavy (non-hydrogen) atoms. The number of hydrogen-bond acceptors (Lipinski definition) is 6. The molecule has 2 unspecified atom stereocenters. The second kappa shape index (κ2) is 6.17. The minimum atomic E-state index is -2.89. The van der Waals surface area contributed by atoms with Crippen LogP contribution < -0.4 is 10.2 Å². The lowest BCUT2D eigenvalue weighted by Gasteiger charge is -2.25. The van der Waals surface area contributed by atoms with E-state index >= 15 is 0 Å². The van der Waals surface area contributed by atoms with Gasteiger partial charge in [0.1, 0.15) is 17.5 Å². The Kier molecular flexibility index (Phi) is 4.70. The maximum atomic E-state index is 11.6. The van der Waals surface area contributed by atoms with E-state index in [0.717, 1.165) is 18.1 Å². The van der Waals surface area contributed by atoms with Crippen LogP contribution in [0.4, 0.5) is 11.6 Å². The fourth-order valence-electron chi connectivity index (χ4n) is 2.43. The highest BCUT2D eigenvalue weighted by atomic mass is 32.2. The number of sulfone groups is 1. The molecular weight excluding hydrogens is 288 g/mol. The van der Waals surface area contributed by atoms with Crippen LogP contribution in [0.2, 0.25) is 0 Å². The minimum Gasteiger partial charge on any atom is -0.367 e. The standard InChI is InChI=1S/C14H24N4O2S/c1-5-10(2)15-13-8-14(17-11(3)16-13)18(4)12-6-7-21(19,20)9-12/h8,10,12H,5-7,9H2,1-4H3,(H,15,16,17). The smallest absolute Gasteiger partial charge is 0.152 e. The number of aromatic nitrogens is 2. The fraction of sp³-hybridized carbons (Fsp3) is 0.714. The molecule has 6 nitrogen and oxygen atoms in total. The van der Waals surface area contributed by atoms with E-state index in [1.165, 1.54) is 0 Å². The number of anilines is 2. The van der Waals surface area contributed by atoms with E-state index in [9.17, 15) is 8.42 Å². The average molecular weight is 312 g/mol. The van der Waals surface area contributed by atoms with Gasteiger partial charge >= 0.3 is 0 Å². The number of hydrogen-bond donors (Lipinski definition) is 1. The summed E-state index contributed by atoms with van der Waals surface area (Å²) in [5.74, 6) is 2.73. The third-order valence-electron chi connectivity index (χ3n) is 3.95. The SMILES string of the molecule is CCC(C)Nc1cc(N(C)C2CCS(=O)(=O)C2)nc(C)n1. The summed E-state index contributed by atoms with van der Waals surface area (Å²) < 4.78 is 23.2. The van der Waals surface area contributed by atoms with Gasteiger partial charge in [-0.25, -0.2) is 18.4 Å². The van der Waals surface area contributed by atoms with Gasteiger partial charge in [-0.3, -0.25) is 0 Å². The van der Waals surface area contributed by atoms with E-state index in [1.807, 2.05) is 24.9 Å².